The lowest BCUT2D eigenvalue weighted by Crippen LogP contribution is -2.49. The van der Waals surface area contributed by atoms with Crippen molar-refractivity contribution >= 4 is 17.7 Å². The number of fused-ring (bicyclic) bond motifs is 1. The van der Waals surface area contributed by atoms with Crippen LogP contribution in [0.5, 0.6) is 0 Å². The van der Waals surface area contributed by atoms with Crippen LogP contribution in [0.25, 0.3) is 11.4 Å². The molecule has 0 aromatic carbocycles. The third kappa shape index (κ3) is 3.84. The Morgan fingerprint density at radius 2 is 2.17 bits per heavy atom. The first-order valence-electron chi connectivity index (χ1n) is 9.56. The number of cyclic esters (lactones) is 1. The molecule has 2 aliphatic heterocycles. The average molecular weight is 404 g/mol. The van der Waals surface area contributed by atoms with Gasteiger partial charge in [0.1, 0.15) is 23.7 Å². The lowest BCUT2D eigenvalue weighted by molar-refractivity contribution is -0.0170. The standard InChI is InChI=1S/C19H22F2N6O2/c1-3-11-6-12(25-13(7-11)27-5-4-22-10(2)8-27)15-14-16(17(20)21)29-19(28)26-18(14)24-9-23-15/h6-7,9-10,16-17,22H,3-5,8H2,1-2H3,(H,23,24,26,28)/t10-,16?/m0/s1. The second kappa shape index (κ2) is 7.86. The van der Waals surface area contributed by atoms with Crippen LogP contribution >= 0.6 is 0 Å². The van der Waals surface area contributed by atoms with Crippen LogP contribution in [0.15, 0.2) is 18.5 Å². The first-order valence-corrected chi connectivity index (χ1v) is 9.56. The smallest absolute Gasteiger partial charge is 0.413 e. The molecule has 4 heterocycles. The number of aromatic nitrogens is 3. The molecule has 1 amide bonds. The zero-order chi connectivity index (χ0) is 20.5. The molecule has 154 valence electrons. The van der Waals surface area contributed by atoms with Crippen molar-refractivity contribution in [2.75, 3.05) is 29.9 Å². The maximum Gasteiger partial charge on any atom is 0.413 e. The predicted octanol–water partition coefficient (Wildman–Crippen LogP) is 2.77. The number of rotatable bonds is 4. The zero-order valence-corrected chi connectivity index (χ0v) is 16.2. The van der Waals surface area contributed by atoms with E-state index >= 15 is 0 Å². The fourth-order valence-corrected chi connectivity index (χ4v) is 3.65. The Balaban J connectivity index is 1.82. The highest BCUT2D eigenvalue weighted by atomic mass is 19.3. The Kier molecular flexibility index (Phi) is 5.27. The van der Waals surface area contributed by atoms with Gasteiger partial charge >= 0.3 is 6.09 Å². The van der Waals surface area contributed by atoms with E-state index in [1.54, 1.807) is 0 Å². The molecule has 1 fully saturated rings. The summed E-state index contributed by atoms with van der Waals surface area (Å²) >= 11 is 0. The van der Waals surface area contributed by atoms with Crippen molar-refractivity contribution in [1.82, 2.24) is 20.3 Å². The number of ether oxygens (including phenoxy) is 1. The van der Waals surface area contributed by atoms with Crippen LogP contribution in [0.4, 0.5) is 25.2 Å². The molecule has 0 spiro atoms. The van der Waals surface area contributed by atoms with Gasteiger partial charge in [-0.25, -0.2) is 28.5 Å². The zero-order valence-electron chi connectivity index (χ0n) is 16.2. The van der Waals surface area contributed by atoms with Crippen LogP contribution < -0.4 is 15.5 Å². The summed E-state index contributed by atoms with van der Waals surface area (Å²) in [4.78, 5) is 26.7. The lowest BCUT2D eigenvalue weighted by Gasteiger charge is -2.33. The van der Waals surface area contributed by atoms with Gasteiger partial charge in [0, 0.05) is 25.7 Å². The minimum Gasteiger partial charge on any atom is -0.435 e. The Hall–Kier alpha value is -2.88. The van der Waals surface area contributed by atoms with Crippen molar-refractivity contribution in [3.8, 4) is 11.4 Å². The molecule has 0 radical (unpaired) electrons. The Bertz CT molecular complexity index is 926. The van der Waals surface area contributed by atoms with Crippen molar-refractivity contribution in [2.24, 2.45) is 0 Å². The monoisotopic (exact) mass is 404 g/mol. The summed E-state index contributed by atoms with van der Waals surface area (Å²) in [5, 5.41) is 5.77. The number of pyridine rings is 1. The molecule has 2 N–H and O–H groups in total. The van der Waals surface area contributed by atoms with Crippen LogP contribution in [0.1, 0.15) is 31.1 Å². The topological polar surface area (TPSA) is 92.3 Å². The van der Waals surface area contributed by atoms with Gasteiger partial charge in [0.15, 0.2) is 6.10 Å². The number of piperazine rings is 1. The number of carbonyl (C=O) groups excluding carboxylic acids is 1. The molecule has 0 aliphatic carbocycles. The van der Waals surface area contributed by atoms with E-state index in [1.807, 2.05) is 19.1 Å². The second-order valence-electron chi connectivity index (χ2n) is 7.14. The number of halogens is 2. The van der Waals surface area contributed by atoms with Gasteiger partial charge in [0.2, 0.25) is 0 Å². The summed E-state index contributed by atoms with van der Waals surface area (Å²) in [7, 11) is 0. The normalized spacial score (nSPS) is 21.6. The van der Waals surface area contributed by atoms with Crippen LogP contribution in [-0.2, 0) is 11.2 Å². The molecular formula is C19H22F2N6O2. The van der Waals surface area contributed by atoms with E-state index in [4.69, 9.17) is 9.72 Å². The maximum atomic E-state index is 13.6. The van der Waals surface area contributed by atoms with E-state index in [9.17, 15) is 13.6 Å². The van der Waals surface area contributed by atoms with Crippen molar-refractivity contribution in [3.63, 3.8) is 0 Å². The number of carbonyl (C=O) groups is 1. The maximum absolute atomic E-state index is 13.6. The molecule has 8 nitrogen and oxygen atoms in total. The van der Waals surface area contributed by atoms with Crippen molar-refractivity contribution in [2.45, 2.75) is 38.8 Å². The number of amides is 1. The second-order valence-corrected chi connectivity index (χ2v) is 7.14. The van der Waals surface area contributed by atoms with Gasteiger partial charge in [-0.1, -0.05) is 6.92 Å². The van der Waals surface area contributed by atoms with Crippen LogP contribution in [0.2, 0.25) is 0 Å². The van der Waals surface area contributed by atoms with E-state index in [2.05, 4.69) is 32.4 Å². The highest BCUT2D eigenvalue weighted by Gasteiger charge is 2.37. The molecule has 0 bridgehead atoms. The van der Waals surface area contributed by atoms with E-state index in [0.29, 0.717) is 11.7 Å². The number of hydrogen-bond acceptors (Lipinski definition) is 7. The van der Waals surface area contributed by atoms with E-state index < -0.39 is 18.6 Å². The van der Waals surface area contributed by atoms with E-state index in [-0.39, 0.29) is 17.1 Å². The van der Waals surface area contributed by atoms with Gasteiger partial charge in [-0.2, -0.15) is 0 Å². The summed E-state index contributed by atoms with van der Waals surface area (Å²) in [5.74, 6) is 0.798. The van der Waals surface area contributed by atoms with Crippen molar-refractivity contribution in [3.05, 3.63) is 29.6 Å². The molecule has 29 heavy (non-hydrogen) atoms. The molecule has 4 rings (SSSR count). The third-order valence-electron chi connectivity index (χ3n) is 5.07. The molecular weight excluding hydrogens is 382 g/mol. The lowest BCUT2D eigenvalue weighted by atomic mass is 10.0. The summed E-state index contributed by atoms with van der Waals surface area (Å²) < 4.78 is 32.1. The fraction of sp³-hybridized carbons (Fsp3) is 0.474. The highest BCUT2D eigenvalue weighted by Crippen LogP contribution is 2.39. The largest absolute Gasteiger partial charge is 0.435 e. The number of hydrogen-bond donors (Lipinski definition) is 2. The Morgan fingerprint density at radius 3 is 2.90 bits per heavy atom. The molecule has 2 atom stereocenters. The van der Waals surface area contributed by atoms with E-state index in [0.717, 1.165) is 37.4 Å². The SMILES string of the molecule is CCc1cc(-c2ncnc3c2C(C(F)F)OC(=O)N3)nc(N2CCN[C@@H](C)C2)c1. The van der Waals surface area contributed by atoms with Gasteiger partial charge in [-0.05, 0) is 31.0 Å². The number of alkyl halides is 2. The van der Waals surface area contributed by atoms with Gasteiger partial charge in [-0.3, -0.25) is 5.32 Å². The first kappa shape index (κ1) is 19.4. The molecule has 2 aromatic heterocycles. The quantitative estimate of drug-likeness (QED) is 0.810. The predicted molar refractivity (Wildman–Crippen MR) is 103 cm³/mol. The molecule has 2 aliphatic rings. The highest BCUT2D eigenvalue weighted by molar-refractivity contribution is 5.88. The average Bonchev–Trinajstić information content (AvgIpc) is 2.72. The number of anilines is 2. The number of aryl methyl sites for hydroxylation is 1. The summed E-state index contributed by atoms with van der Waals surface area (Å²) in [6, 6.07) is 4.16. The van der Waals surface area contributed by atoms with Gasteiger partial charge in [-0.15, -0.1) is 0 Å². The van der Waals surface area contributed by atoms with Gasteiger partial charge in [0.05, 0.1) is 11.3 Å². The summed E-state index contributed by atoms with van der Waals surface area (Å²) in [6.45, 7) is 6.55. The minimum absolute atomic E-state index is 0.0256. The molecule has 1 saturated heterocycles. The van der Waals surface area contributed by atoms with Crippen LogP contribution in [0.3, 0.4) is 0 Å². The Morgan fingerprint density at radius 1 is 1.34 bits per heavy atom. The Labute approximate surface area is 166 Å². The van der Waals surface area contributed by atoms with Crippen molar-refractivity contribution in [1.29, 1.82) is 0 Å². The molecule has 10 heteroatoms. The number of nitrogens with one attached hydrogen (secondary N) is 2. The van der Waals surface area contributed by atoms with Gasteiger partial charge < -0.3 is 15.0 Å². The summed E-state index contributed by atoms with van der Waals surface area (Å²) in [5.41, 5.74) is 1.75. The van der Waals surface area contributed by atoms with Crippen LogP contribution in [0, 0.1) is 0 Å². The summed E-state index contributed by atoms with van der Waals surface area (Å²) in [6.07, 6.45) is -3.63. The number of nitrogens with zero attached hydrogens (tertiary/aromatic N) is 4. The van der Waals surface area contributed by atoms with Gasteiger partial charge in [0.25, 0.3) is 6.43 Å². The molecule has 2 aromatic rings. The minimum atomic E-state index is -2.91. The third-order valence-corrected chi connectivity index (χ3v) is 5.07. The fourth-order valence-electron chi connectivity index (χ4n) is 3.65. The molecule has 0 saturated carbocycles. The van der Waals surface area contributed by atoms with Crippen LogP contribution in [-0.4, -0.2) is 53.1 Å². The first-order chi connectivity index (χ1) is 14.0. The van der Waals surface area contributed by atoms with Crippen molar-refractivity contribution < 1.29 is 18.3 Å². The molecule has 1 unspecified atom stereocenters. The van der Waals surface area contributed by atoms with E-state index in [1.165, 1.54) is 6.33 Å².